The van der Waals surface area contributed by atoms with Gasteiger partial charge in [0.05, 0.1) is 29.2 Å². The van der Waals surface area contributed by atoms with Crippen LogP contribution in [-0.2, 0) is 0 Å². The lowest BCUT2D eigenvalue weighted by atomic mass is 10.2. The van der Waals surface area contributed by atoms with E-state index in [0.29, 0.717) is 0 Å². The highest BCUT2D eigenvalue weighted by atomic mass is 32.2. The first-order valence-electron chi connectivity index (χ1n) is 4.82. The van der Waals surface area contributed by atoms with Gasteiger partial charge < -0.3 is 4.72 Å². The van der Waals surface area contributed by atoms with E-state index in [-0.39, 0.29) is 0 Å². The molecule has 2 nitrogen and oxygen atoms in total. The zero-order valence-corrected chi connectivity index (χ0v) is 8.87. The molecule has 3 heteroatoms. The Kier molecular flexibility index (Phi) is 2.03. The second-order valence-corrected chi connectivity index (χ2v) is 4.09. The van der Waals surface area contributed by atoms with Gasteiger partial charge >= 0.3 is 0 Å². The molecule has 0 aliphatic carbocycles. The van der Waals surface area contributed by atoms with E-state index in [1.807, 2.05) is 12.1 Å². The van der Waals surface area contributed by atoms with E-state index in [1.54, 1.807) is 12.1 Å². The average Bonchev–Trinajstić information content (AvgIpc) is 2.74. The standard InChI is InChI=1S/C12H10N2S/c1-2-6-10(7-3-1)14-12-9-5-4-8-11(12)13-15-14/h1-9,13H. The summed E-state index contributed by atoms with van der Waals surface area (Å²) in [6.45, 7) is 0. The molecule has 0 radical (unpaired) electrons. The molecule has 0 spiro atoms. The van der Waals surface area contributed by atoms with Gasteiger partial charge in [-0.2, -0.15) is 0 Å². The van der Waals surface area contributed by atoms with Crippen molar-refractivity contribution in [2.45, 2.75) is 0 Å². The van der Waals surface area contributed by atoms with Crippen LogP contribution in [0.3, 0.4) is 0 Å². The molecule has 74 valence electrons. The number of anilines is 3. The minimum atomic E-state index is 1.17. The van der Waals surface area contributed by atoms with Gasteiger partial charge in [-0.1, -0.05) is 30.3 Å². The quantitative estimate of drug-likeness (QED) is 0.727. The number of nitrogens with one attached hydrogen (secondary N) is 1. The van der Waals surface area contributed by atoms with Gasteiger partial charge in [0.15, 0.2) is 0 Å². The summed E-state index contributed by atoms with van der Waals surface area (Å²) in [6, 6.07) is 18.7. The Hall–Kier alpha value is -1.61. The monoisotopic (exact) mass is 214 g/mol. The van der Waals surface area contributed by atoms with E-state index in [0.717, 1.165) is 0 Å². The Morgan fingerprint density at radius 1 is 0.867 bits per heavy atom. The van der Waals surface area contributed by atoms with Gasteiger partial charge in [0.2, 0.25) is 0 Å². The third-order valence-corrected chi connectivity index (χ3v) is 3.26. The first kappa shape index (κ1) is 8.68. The second-order valence-electron chi connectivity index (χ2n) is 3.34. The highest BCUT2D eigenvalue weighted by Crippen LogP contribution is 2.43. The summed E-state index contributed by atoms with van der Waals surface area (Å²) < 4.78 is 5.48. The first-order valence-corrected chi connectivity index (χ1v) is 5.60. The molecule has 0 bridgehead atoms. The lowest BCUT2D eigenvalue weighted by Crippen LogP contribution is -2.01. The van der Waals surface area contributed by atoms with Crippen LogP contribution in [0, 0.1) is 0 Å². The highest BCUT2D eigenvalue weighted by Gasteiger charge is 2.20. The van der Waals surface area contributed by atoms with Crippen molar-refractivity contribution < 1.29 is 0 Å². The topological polar surface area (TPSA) is 15.3 Å². The van der Waals surface area contributed by atoms with E-state index >= 15 is 0 Å². The van der Waals surface area contributed by atoms with Gasteiger partial charge in [-0.15, -0.1) is 0 Å². The fourth-order valence-electron chi connectivity index (χ4n) is 1.64. The summed E-state index contributed by atoms with van der Waals surface area (Å²) in [6.07, 6.45) is 0. The maximum absolute atomic E-state index is 3.29. The fraction of sp³-hybridized carbons (Fsp3) is 0. The number of rotatable bonds is 1. The predicted octanol–water partition coefficient (Wildman–Crippen LogP) is 3.81. The Balaban J connectivity index is 2.05. The van der Waals surface area contributed by atoms with Gasteiger partial charge in [0, 0.05) is 0 Å². The molecule has 0 unspecified atom stereocenters. The van der Waals surface area contributed by atoms with E-state index in [2.05, 4.69) is 51.5 Å². The summed E-state index contributed by atoms with van der Waals surface area (Å²) in [4.78, 5) is 0. The van der Waals surface area contributed by atoms with Gasteiger partial charge in [0.1, 0.15) is 0 Å². The van der Waals surface area contributed by atoms with Crippen molar-refractivity contribution in [2.24, 2.45) is 0 Å². The molecule has 2 aromatic rings. The molecule has 0 fully saturated rings. The number of hydrogen-bond donors (Lipinski definition) is 1. The number of para-hydroxylation sites is 3. The summed E-state index contributed by atoms with van der Waals surface area (Å²) >= 11 is 1.61. The Morgan fingerprint density at radius 3 is 2.47 bits per heavy atom. The molecular weight excluding hydrogens is 204 g/mol. The number of hydrogen-bond acceptors (Lipinski definition) is 3. The van der Waals surface area contributed by atoms with Crippen LogP contribution in [0.15, 0.2) is 54.6 Å². The first-order chi connectivity index (χ1) is 7.45. The molecule has 0 saturated carbocycles. The van der Waals surface area contributed by atoms with E-state index in [4.69, 9.17) is 0 Å². The minimum Gasteiger partial charge on any atom is -0.310 e. The molecule has 0 saturated heterocycles. The van der Waals surface area contributed by atoms with Crippen molar-refractivity contribution in [1.29, 1.82) is 0 Å². The van der Waals surface area contributed by atoms with Crippen molar-refractivity contribution in [3.63, 3.8) is 0 Å². The van der Waals surface area contributed by atoms with Crippen LogP contribution in [0.4, 0.5) is 17.1 Å². The molecule has 2 aromatic carbocycles. The molecule has 15 heavy (non-hydrogen) atoms. The molecule has 1 aliphatic heterocycles. The predicted molar refractivity (Wildman–Crippen MR) is 66.2 cm³/mol. The van der Waals surface area contributed by atoms with Crippen LogP contribution < -0.4 is 9.03 Å². The largest absolute Gasteiger partial charge is 0.310 e. The summed E-state index contributed by atoms with van der Waals surface area (Å²) in [5, 5.41) is 0. The van der Waals surface area contributed by atoms with Crippen molar-refractivity contribution in [1.82, 2.24) is 0 Å². The lowest BCUT2D eigenvalue weighted by Gasteiger charge is -2.15. The molecule has 0 aromatic heterocycles. The van der Waals surface area contributed by atoms with E-state index in [9.17, 15) is 0 Å². The smallest absolute Gasteiger partial charge is 0.0782 e. The fourth-order valence-corrected chi connectivity index (χ4v) is 2.48. The summed E-state index contributed by atoms with van der Waals surface area (Å²) in [5.74, 6) is 0. The molecule has 1 N–H and O–H groups in total. The Morgan fingerprint density at radius 2 is 1.60 bits per heavy atom. The molecule has 1 aliphatic rings. The van der Waals surface area contributed by atoms with Crippen molar-refractivity contribution >= 4 is 29.2 Å². The normalized spacial score (nSPS) is 13.5. The van der Waals surface area contributed by atoms with Gasteiger partial charge in [-0.3, -0.25) is 4.31 Å². The van der Waals surface area contributed by atoms with Crippen molar-refractivity contribution in [3.8, 4) is 0 Å². The summed E-state index contributed by atoms with van der Waals surface area (Å²) in [5.41, 5.74) is 3.58. The third-order valence-electron chi connectivity index (χ3n) is 2.36. The maximum Gasteiger partial charge on any atom is 0.0782 e. The minimum absolute atomic E-state index is 1.17. The van der Waals surface area contributed by atoms with Gasteiger partial charge in [-0.25, -0.2) is 0 Å². The molecular formula is C12H10N2S. The lowest BCUT2D eigenvalue weighted by molar-refractivity contribution is 1.46. The second kappa shape index (κ2) is 3.51. The summed E-state index contributed by atoms with van der Waals surface area (Å²) in [7, 11) is 0. The number of nitrogens with zero attached hydrogens (tertiary/aromatic N) is 1. The van der Waals surface area contributed by atoms with Gasteiger partial charge in [0.25, 0.3) is 0 Å². The Labute approximate surface area is 93.2 Å². The average molecular weight is 214 g/mol. The van der Waals surface area contributed by atoms with Gasteiger partial charge in [-0.05, 0) is 24.3 Å². The van der Waals surface area contributed by atoms with Crippen LogP contribution in [0.1, 0.15) is 0 Å². The number of benzene rings is 2. The SMILES string of the molecule is c1ccc(N2SNc3ccccc32)cc1. The number of fused-ring (bicyclic) bond motifs is 1. The van der Waals surface area contributed by atoms with Crippen molar-refractivity contribution in [3.05, 3.63) is 54.6 Å². The molecule has 0 atom stereocenters. The van der Waals surface area contributed by atoms with Crippen LogP contribution in [-0.4, -0.2) is 0 Å². The zero-order chi connectivity index (χ0) is 10.1. The zero-order valence-electron chi connectivity index (χ0n) is 8.05. The van der Waals surface area contributed by atoms with E-state index < -0.39 is 0 Å². The molecule has 3 rings (SSSR count). The van der Waals surface area contributed by atoms with Crippen molar-refractivity contribution in [2.75, 3.05) is 9.03 Å². The van der Waals surface area contributed by atoms with Crippen LogP contribution in [0.5, 0.6) is 0 Å². The van der Waals surface area contributed by atoms with Crippen LogP contribution in [0.25, 0.3) is 0 Å². The molecule has 0 amide bonds. The van der Waals surface area contributed by atoms with Crippen LogP contribution in [0.2, 0.25) is 0 Å². The highest BCUT2D eigenvalue weighted by molar-refractivity contribution is 8.02. The Bertz CT molecular complexity index is 470. The van der Waals surface area contributed by atoms with Crippen LogP contribution >= 0.6 is 12.1 Å². The van der Waals surface area contributed by atoms with E-state index in [1.165, 1.54) is 17.1 Å². The molecule has 1 heterocycles. The maximum atomic E-state index is 3.29. The third kappa shape index (κ3) is 1.45.